The summed E-state index contributed by atoms with van der Waals surface area (Å²) >= 11 is 4.83. The van der Waals surface area contributed by atoms with Gasteiger partial charge in [-0.15, -0.1) is 34.4 Å². The molecular weight excluding hydrogens is 406 g/mol. The molecule has 0 aliphatic carbocycles. The maximum Gasteiger partial charge on any atom is 0.256 e. The first-order valence-electron chi connectivity index (χ1n) is 8.62. The smallest absolute Gasteiger partial charge is 0.256 e. The lowest BCUT2D eigenvalue weighted by molar-refractivity contribution is 0.102. The summed E-state index contributed by atoms with van der Waals surface area (Å²) in [5.74, 6) is 0.633. The van der Waals surface area contributed by atoms with Gasteiger partial charge in [-0.05, 0) is 31.2 Å². The second-order valence-electron chi connectivity index (χ2n) is 6.05. The number of carbonyl (C=O) groups is 1. The molecule has 2 aromatic carbocycles. The van der Waals surface area contributed by atoms with E-state index in [-0.39, 0.29) is 5.91 Å². The van der Waals surface area contributed by atoms with E-state index in [1.54, 1.807) is 34.4 Å². The molecule has 2 aromatic heterocycles. The van der Waals surface area contributed by atoms with Crippen LogP contribution < -0.4 is 5.32 Å². The SMILES string of the molecule is Cc1nc(-c2ccc(NC(=O)c3ccccc3SCc3cscn3)cc2)cs1. The van der Waals surface area contributed by atoms with Crippen LogP contribution in [0.5, 0.6) is 0 Å². The van der Waals surface area contributed by atoms with Crippen molar-refractivity contribution in [3.8, 4) is 11.3 Å². The number of rotatable bonds is 6. The van der Waals surface area contributed by atoms with Crippen LogP contribution in [-0.4, -0.2) is 15.9 Å². The number of hydrogen-bond donors (Lipinski definition) is 1. The third-order valence-corrected chi connectivity index (χ3v) is 6.56. The number of thioether (sulfide) groups is 1. The molecule has 0 atom stereocenters. The van der Waals surface area contributed by atoms with Gasteiger partial charge in [-0.2, -0.15) is 0 Å². The highest BCUT2D eigenvalue weighted by atomic mass is 32.2. The van der Waals surface area contributed by atoms with Crippen molar-refractivity contribution < 1.29 is 4.79 Å². The fraction of sp³-hybridized carbons (Fsp3) is 0.0952. The van der Waals surface area contributed by atoms with Crippen molar-refractivity contribution in [2.24, 2.45) is 0 Å². The van der Waals surface area contributed by atoms with Gasteiger partial charge >= 0.3 is 0 Å². The summed E-state index contributed by atoms with van der Waals surface area (Å²) in [4.78, 5) is 22.5. The average Bonchev–Trinajstić information content (AvgIpc) is 3.39. The van der Waals surface area contributed by atoms with E-state index in [9.17, 15) is 4.79 Å². The molecule has 0 bridgehead atoms. The molecule has 2 heterocycles. The standard InChI is InChI=1S/C21H17N3OS3/c1-14-23-19(12-27-14)15-6-8-16(9-7-15)24-21(25)18-4-2-3-5-20(18)28-11-17-10-26-13-22-17/h2-10,12-13H,11H2,1H3,(H,24,25). The van der Waals surface area contributed by atoms with Gasteiger partial charge in [0.05, 0.1) is 27.5 Å². The van der Waals surface area contributed by atoms with E-state index in [0.717, 1.165) is 38.3 Å². The average molecular weight is 424 g/mol. The van der Waals surface area contributed by atoms with Crippen molar-refractivity contribution in [3.05, 3.63) is 81.1 Å². The van der Waals surface area contributed by atoms with E-state index in [1.165, 1.54) is 0 Å². The molecule has 0 fully saturated rings. The maximum absolute atomic E-state index is 12.8. The maximum atomic E-state index is 12.8. The Bertz CT molecular complexity index is 1070. The molecule has 0 aliphatic heterocycles. The Morgan fingerprint density at radius 1 is 1.11 bits per heavy atom. The van der Waals surface area contributed by atoms with Crippen LogP contribution in [0.15, 0.2) is 69.7 Å². The molecule has 0 saturated carbocycles. The van der Waals surface area contributed by atoms with Crippen molar-refractivity contribution >= 4 is 46.0 Å². The number of benzene rings is 2. The Labute approximate surface area is 175 Å². The molecule has 140 valence electrons. The molecule has 4 rings (SSSR count). The molecule has 1 amide bonds. The van der Waals surface area contributed by atoms with E-state index >= 15 is 0 Å². The first-order valence-corrected chi connectivity index (χ1v) is 11.4. The van der Waals surface area contributed by atoms with Crippen molar-refractivity contribution in [2.75, 3.05) is 5.32 Å². The summed E-state index contributed by atoms with van der Waals surface area (Å²) in [5, 5.41) is 8.10. The minimum Gasteiger partial charge on any atom is -0.322 e. The van der Waals surface area contributed by atoms with Crippen LogP contribution in [0, 0.1) is 6.92 Å². The molecule has 28 heavy (non-hydrogen) atoms. The Kier molecular flexibility index (Phi) is 5.85. The van der Waals surface area contributed by atoms with Gasteiger partial charge in [0.15, 0.2) is 0 Å². The molecule has 0 saturated heterocycles. The topological polar surface area (TPSA) is 54.9 Å². The van der Waals surface area contributed by atoms with Gasteiger partial charge in [0.25, 0.3) is 5.91 Å². The third kappa shape index (κ3) is 4.49. The highest BCUT2D eigenvalue weighted by Crippen LogP contribution is 2.27. The zero-order chi connectivity index (χ0) is 19.3. The first-order chi connectivity index (χ1) is 13.7. The first kappa shape index (κ1) is 18.9. The summed E-state index contributed by atoms with van der Waals surface area (Å²) in [6.45, 7) is 1.99. The van der Waals surface area contributed by atoms with Gasteiger partial charge < -0.3 is 5.32 Å². The molecule has 0 unspecified atom stereocenters. The van der Waals surface area contributed by atoms with Crippen molar-refractivity contribution in [1.29, 1.82) is 0 Å². The molecule has 0 spiro atoms. The molecule has 4 nitrogen and oxygen atoms in total. The van der Waals surface area contributed by atoms with Crippen molar-refractivity contribution in [1.82, 2.24) is 9.97 Å². The number of hydrogen-bond acceptors (Lipinski definition) is 6. The van der Waals surface area contributed by atoms with E-state index in [1.807, 2.05) is 71.7 Å². The van der Waals surface area contributed by atoms with Crippen LogP contribution in [0.25, 0.3) is 11.3 Å². The fourth-order valence-corrected chi connectivity index (χ4v) is 4.90. The van der Waals surface area contributed by atoms with E-state index < -0.39 is 0 Å². The lowest BCUT2D eigenvalue weighted by Crippen LogP contribution is -2.12. The minimum atomic E-state index is -0.112. The predicted molar refractivity (Wildman–Crippen MR) is 118 cm³/mol. The number of aromatic nitrogens is 2. The summed E-state index contributed by atoms with van der Waals surface area (Å²) in [6, 6.07) is 15.4. The normalized spacial score (nSPS) is 10.8. The number of carbonyl (C=O) groups excluding carboxylic acids is 1. The molecule has 7 heteroatoms. The second-order valence-corrected chi connectivity index (χ2v) is 8.85. The Hall–Kier alpha value is -2.48. The zero-order valence-corrected chi connectivity index (χ0v) is 17.5. The quantitative estimate of drug-likeness (QED) is 0.380. The highest BCUT2D eigenvalue weighted by molar-refractivity contribution is 7.98. The molecule has 4 aromatic rings. The van der Waals surface area contributed by atoms with E-state index in [0.29, 0.717) is 5.56 Å². The van der Waals surface area contributed by atoms with Gasteiger partial charge in [0.2, 0.25) is 0 Å². The fourth-order valence-electron chi connectivity index (χ4n) is 2.66. The monoisotopic (exact) mass is 423 g/mol. The van der Waals surface area contributed by atoms with Crippen molar-refractivity contribution in [2.45, 2.75) is 17.6 Å². The summed E-state index contributed by atoms with van der Waals surface area (Å²) in [7, 11) is 0. The summed E-state index contributed by atoms with van der Waals surface area (Å²) < 4.78 is 0. The van der Waals surface area contributed by atoms with E-state index in [4.69, 9.17) is 0 Å². The Morgan fingerprint density at radius 3 is 2.64 bits per heavy atom. The molecule has 1 N–H and O–H groups in total. The lowest BCUT2D eigenvalue weighted by Gasteiger charge is -2.10. The van der Waals surface area contributed by atoms with Gasteiger partial charge in [-0.1, -0.05) is 24.3 Å². The second kappa shape index (κ2) is 8.68. The van der Waals surface area contributed by atoms with Crippen LogP contribution in [0.2, 0.25) is 0 Å². The van der Waals surface area contributed by atoms with Crippen LogP contribution in [-0.2, 0) is 5.75 Å². The van der Waals surface area contributed by atoms with Crippen molar-refractivity contribution in [3.63, 3.8) is 0 Å². The van der Waals surface area contributed by atoms with Gasteiger partial charge in [0.1, 0.15) is 0 Å². The summed E-state index contributed by atoms with van der Waals surface area (Å²) in [6.07, 6.45) is 0. The van der Waals surface area contributed by atoms with Crippen LogP contribution in [0.4, 0.5) is 5.69 Å². The van der Waals surface area contributed by atoms with Crippen LogP contribution >= 0.6 is 34.4 Å². The Balaban J connectivity index is 1.46. The molecular formula is C21H17N3OS3. The zero-order valence-electron chi connectivity index (χ0n) is 15.1. The van der Waals surface area contributed by atoms with Crippen LogP contribution in [0.1, 0.15) is 21.1 Å². The number of aryl methyl sites for hydroxylation is 1. The van der Waals surface area contributed by atoms with Gasteiger partial charge in [-0.25, -0.2) is 9.97 Å². The highest BCUT2D eigenvalue weighted by Gasteiger charge is 2.12. The number of amides is 1. The molecule has 0 aliphatic rings. The van der Waals surface area contributed by atoms with Gasteiger partial charge in [0, 0.05) is 32.7 Å². The summed E-state index contributed by atoms with van der Waals surface area (Å²) in [5.41, 5.74) is 6.29. The molecule has 0 radical (unpaired) electrons. The number of nitrogens with one attached hydrogen (secondary N) is 1. The van der Waals surface area contributed by atoms with E-state index in [2.05, 4.69) is 15.3 Å². The minimum absolute atomic E-state index is 0.112. The third-order valence-electron chi connectivity index (χ3n) is 4.05. The Morgan fingerprint density at radius 2 is 1.93 bits per heavy atom. The largest absolute Gasteiger partial charge is 0.322 e. The number of anilines is 1. The van der Waals surface area contributed by atoms with Gasteiger partial charge in [-0.3, -0.25) is 4.79 Å². The predicted octanol–water partition coefficient (Wildman–Crippen LogP) is 6.12. The number of nitrogens with zero attached hydrogens (tertiary/aromatic N) is 2. The number of thiazole rings is 2. The lowest BCUT2D eigenvalue weighted by atomic mass is 10.1. The van der Waals surface area contributed by atoms with Crippen LogP contribution in [0.3, 0.4) is 0 Å².